The summed E-state index contributed by atoms with van der Waals surface area (Å²) in [5.41, 5.74) is 1.57. The van der Waals surface area contributed by atoms with E-state index in [0.717, 1.165) is 11.3 Å². The number of hydrogen-bond acceptors (Lipinski definition) is 1. The predicted octanol–water partition coefficient (Wildman–Crippen LogP) is 4.36. The molecule has 2 aromatic carbocycles. The molecule has 0 aliphatic rings. The molecule has 0 fully saturated rings. The van der Waals surface area contributed by atoms with E-state index in [1.54, 1.807) is 24.3 Å². The van der Waals surface area contributed by atoms with Gasteiger partial charge in [0.05, 0.1) is 0 Å². The van der Waals surface area contributed by atoms with Gasteiger partial charge in [0.25, 0.3) is 0 Å². The van der Waals surface area contributed by atoms with E-state index < -0.39 is 0 Å². The monoisotopic (exact) mass is 358 g/mol. The Hall–Kier alpha value is -0.727. The summed E-state index contributed by atoms with van der Waals surface area (Å²) >= 11 is 4.25. The average molecular weight is 361 g/mol. The Labute approximate surface area is 123 Å². The van der Waals surface area contributed by atoms with Crippen molar-refractivity contribution in [2.45, 2.75) is 13.5 Å². The molecule has 0 spiro atoms. The maximum atomic E-state index is 13.3. The SMILES string of the molecule is Cc1[c-]ccc(OCc2ccccc2F)c1.[Zn+][Br]. The third-order valence-electron chi connectivity index (χ3n) is 2.27. The van der Waals surface area contributed by atoms with Gasteiger partial charge in [0.15, 0.2) is 0 Å². The fraction of sp³-hybridized carbons (Fsp3) is 0.143. The molecule has 1 nitrogen and oxygen atoms in total. The van der Waals surface area contributed by atoms with Crippen molar-refractivity contribution in [1.82, 2.24) is 0 Å². The molecule has 18 heavy (non-hydrogen) atoms. The van der Waals surface area contributed by atoms with Crippen molar-refractivity contribution in [2.75, 3.05) is 0 Å². The van der Waals surface area contributed by atoms with Crippen LogP contribution in [0.25, 0.3) is 0 Å². The summed E-state index contributed by atoms with van der Waals surface area (Å²) in [6, 6.07) is 15.1. The number of ether oxygens (including phenoxy) is 1. The fourth-order valence-corrected chi connectivity index (χ4v) is 1.42. The fourth-order valence-electron chi connectivity index (χ4n) is 1.42. The molecular formula is C14H12BrFOZn. The molecule has 2 rings (SSSR count). The van der Waals surface area contributed by atoms with Gasteiger partial charge in [-0.15, -0.1) is 12.1 Å². The zero-order chi connectivity index (χ0) is 13.4. The van der Waals surface area contributed by atoms with Gasteiger partial charge in [-0.25, -0.2) is 4.39 Å². The van der Waals surface area contributed by atoms with Gasteiger partial charge in [-0.2, -0.15) is 17.7 Å². The van der Waals surface area contributed by atoms with E-state index in [2.05, 4.69) is 19.7 Å². The van der Waals surface area contributed by atoms with Gasteiger partial charge in [-0.3, -0.25) is 0 Å². The predicted molar refractivity (Wildman–Crippen MR) is 69.7 cm³/mol. The van der Waals surface area contributed by atoms with Crippen LogP contribution >= 0.6 is 13.6 Å². The number of aryl methyl sites for hydroxylation is 1. The summed E-state index contributed by atoms with van der Waals surface area (Å²) < 4.78 is 18.8. The van der Waals surface area contributed by atoms with Gasteiger partial charge in [0.1, 0.15) is 12.4 Å². The van der Waals surface area contributed by atoms with Gasteiger partial charge in [0.2, 0.25) is 0 Å². The molecular weight excluding hydrogens is 348 g/mol. The number of hydrogen-bond donors (Lipinski definition) is 0. The summed E-state index contributed by atoms with van der Waals surface area (Å²) in [6.45, 7) is 2.19. The van der Waals surface area contributed by atoms with Crippen LogP contribution in [0.1, 0.15) is 11.1 Å². The van der Waals surface area contributed by atoms with Crippen LogP contribution in [-0.4, -0.2) is 0 Å². The van der Waals surface area contributed by atoms with Crippen molar-refractivity contribution in [3.8, 4) is 5.75 Å². The molecule has 0 atom stereocenters. The molecule has 4 heteroatoms. The summed E-state index contributed by atoms with van der Waals surface area (Å²) in [6.07, 6.45) is 0. The number of benzene rings is 2. The van der Waals surface area contributed by atoms with Crippen molar-refractivity contribution in [1.29, 1.82) is 0 Å². The first-order valence-corrected chi connectivity index (χ1v) is 12.3. The van der Waals surface area contributed by atoms with Crippen molar-refractivity contribution in [3.63, 3.8) is 0 Å². The van der Waals surface area contributed by atoms with Crippen LogP contribution in [0.15, 0.2) is 42.5 Å². The molecule has 0 radical (unpaired) electrons. The molecule has 0 aromatic heterocycles. The average Bonchev–Trinajstić information content (AvgIpc) is 2.40. The first kappa shape index (κ1) is 15.3. The van der Waals surface area contributed by atoms with Crippen LogP contribution in [0.5, 0.6) is 5.75 Å². The van der Waals surface area contributed by atoms with Crippen LogP contribution in [0.2, 0.25) is 0 Å². The third-order valence-corrected chi connectivity index (χ3v) is 2.27. The van der Waals surface area contributed by atoms with E-state index in [1.165, 1.54) is 22.4 Å². The van der Waals surface area contributed by atoms with Crippen molar-refractivity contribution < 1.29 is 25.5 Å². The topological polar surface area (TPSA) is 9.23 Å². The molecule has 0 amide bonds. The summed E-state index contributed by atoms with van der Waals surface area (Å²) in [4.78, 5) is 0. The Morgan fingerprint density at radius 3 is 2.67 bits per heavy atom. The minimum atomic E-state index is -0.235. The van der Waals surface area contributed by atoms with Crippen molar-refractivity contribution >= 4 is 13.6 Å². The first-order chi connectivity index (χ1) is 8.75. The van der Waals surface area contributed by atoms with E-state index >= 15 is 0 Å². The quantitative estimate of drug-likeness (QED) is 0.584. The third kappa shape index (κ3) is 4.87. The molecule has 2 aromatic rings. The molecule has 0 saturated carbocycles. The minimum absolute atomic E-state index is 0.235. The van der Waals surface area contributed by atoms with Gasteiger partial charge in [-0.1, -0.05) is 25.1 Å². The summed E-state index contributed by atoms with van der Waals surface area (Å²) in [5.74, 6) is 0.501. The number of rotatable bonds is 3. The van der Waals surface area contributed by atoms with Gasteiger partial charge in [-0.05, 0) is 6.07 Å². The van der Waals surface area contributed by atoms with Crippen LogP contribution in [0.4, 0.5) is 4.39 Å². The van der Waals surface area contributed by atoms with Crippen LogP contribution < -0.4 is 4.74 Å². The standard InChI is InChI=1S/C14H12FO.BrH.Zn/c1-11-5-4-7-13(9-11)16-10-12-6-2-3-8-14(12)15;;/h2-4,6-9H,10H2,1H3;1H;/q-1;;+2/p-1. The zero-order valence-corrected chi connectivity index (χ0v) is 14.7. The van der Waals surface area contributed by atoms with Crippen molar-refractivity contribution in [2.24, 2.45) is 0 Å². The van der Waals surface area contributed by atoms with Gasteiger partial charge >= 0.3 is 30.0 Å². The first-order valence-electron chi connectivity index (χ1n) is 5.37. The van der Waals surface area contributed by atoms with Gasteiger partial charge < -0.3 is 4.74 Å². The van der Waals surface area contributed by atoms with Crippen LogP contribution in [0.3, 0.4) is 0 Å². The van der Waals surface area contributed by atoms with E-state index in [1.807, 2.05) is 19.1 Å². The molecule has 0 N–H and O–H groups in total. The van der Waals surface area contributed by atoms with Gasteiger partial charge in [0, 0.05) is 11.3 Å². The molecule has 0 bridgehead atoms. The van der Waals surface area contributed by atoms with Crippen molar-refractivity contribution in [3.05, 3.63) is 65.5 Å². The van der Waals surface area contributed by atoms with Crippen LogP contribution in [0, 0.1) is 18.8 Å². The molecule has 0 saturated heterocycles. The second-order valence-corrected chi connectivity index (χ2v) is 3.59. The molecule has 0 aliphatic carbocycles. The van der Waals surface area contributed by atoms with E-state index in [-0.39, 0.29) is 12.4 Å². The van der Waals surface area contributed by atoms with E-state index in [0.29, 0.717) is 5.56 Å². The Morgan fingerprint density at radius 2 is 2.00 bits per heavy atom. The Kier molecular flexibility index (Phi) is 7.14. The molecule has 0 heterocycles. The molecule has 0 aliphatic heterocycles. The summed E-state index contributed by atoms with van der Waals surface area (Å²) in [7, 11) is 0. The van der Waals surface area contributed by atoms with E-state index in [9.17, 15) is 4.39 Å². The zero-order valence-electron chi connectivity index (χ0n) is 10.1. The molecule has 90 valence electrons. The maximum absolute atomic E-state index is 13.3. The van der Waals surface area contributed by atoms with Crippen LogP contribution in [-0.2, 0) is 22.9 Å². The summed E-state index contributed by atoms with van der Waals surface area (Å²) in [5, 5.41) is 0. The van der Waals surface area contributed by atoms with E-state index in [4.69, 9.17) is 4.74 Å². The Balaban J connectivity index is 0.000000771. The molecule has 0 unspecified atom stereocenters. The second-order valence-electron chi connectivity index (χ2n) is 3.59. The normalized spacial score (nSPS) is 9.39. The second kappa shape index (κ2) is 8.39. The Bertz CT molecular complexity index is 491. The Morgan fingerprint density at radius 1 is 1.28 bits per heavy atom. The number of halogens is 2.